The molecule has 2 amide bonds. The molecule has 0 aliphatic carbocycles. The highest BCUT2D eigenvalue weighted by Crippen LogP contribution is 2.24. The SMILES string of the molecule is CCC(=CF)COc1ccc2c(c1)CCN(CC(=O)N(C)C)C2=O. The van der Waals surface area contributed by atoms with Crippen LogP contribution in [0.1, 0.15) is 29.3 Å². The van der Waals surface area contributed by atoms with Crippen LogP contribution in [0.5, 0.6) is 5.75 Å². The molecule has 1 heterocycles. The number of carbonyl (C=O) groups excluding carboxylic acids is 2. The minimum Gasteiger partial charge on any atom is -0.489 e. The third-order valence-electron chi connectivity index (χ3n) is 4.10. The van der Waals surface area contributed by atoms with E-state index >= 15 is 0 Å². The van der Waals surface area contributed by atoms with Crippen LogP contribution in [0.2, 0.25) is 0 Å². The van der Waals surface area contributed by atoms with E-state index in [1.807, 2.05) is 13.0 Å². The van der Waals surface area contributed by atoms with Gasteiger partial charge in [0.15, 0.2) is 0 Å². The smallest absolute Gasteiger partial charge is 0.254 e. The molecule has 6 heteroatoms. The van der Waals surface area contributed by atoms with Crippen molar-refractivity contribution in [2.45, 2.75) is 19.8 Å². The van der Waals surface area contributed by atoms with Gasteiger partial charge in [0.2, 0.25) is 5.91 Å². The second kappa shape index (κ2) is 7.95. The summed E-state index contributed by atoms with van der Waals surface area (Å²) in [7, 11) is 3.34. The van der Waals surface area contributed by atoms with E-state index in [0.717, 1.165) is 5.56 Å². The maximum absolute atomic E-state index is 12.6. The van der Waals surface area contributed by atoms with Crippen molar-refractivity contribution in [2.75, 3.05) is 33.8 Å². The van der Waals surface area contributed by atoms with Crippen LogP contribution in [0.4, 0.5) is 4.39 Å². The molecule has 0 atom stereocenters. The summed E-state index contributed by atoms with van der Waals surface area (Å²) in [6.45, 7) is 2.65. The molecule has 0 spiro atoms. The largest absolute Gasteiger partial charge is 0.489 e. The molecule has 1 aliphatic heterocycles. The predicted molar refractivity (Wildman–Crippen MR) is 89.7 cm³/mol. The Hall–Kier alpha value is -2.37. The maximum atomic E-state index is 12.6. The molecular weight excluding hydrogens is 311 g/mol. The van der Waals surface area contributed by atoms with Gasteiger partial charge in [0.25, 0.3) is 5.91 Å². The highest BCUT2D eigenvalue weighted by Gasteiger charge is 2.26. The molecule has 24 heavy (non-hydrogen) atoms. The fourth-order valence-corrected chi connectivity index (χ4v) is 2.44. The van der Waals surface area contributed by atoms with Crippen LogP contribution in [-0.2, 0) is 11.2 Å². The monoisotopic (exact) mass is 334 g/mol. The van der Waals surface area contributed by atoms with Crippen molar-refractivity contribution in [1.82, 2.24) is 9.80 Å². The summed E-state index contributed by atoms with van der Waals surface area (Å²) in [4.78, 5) is 27.3. The number of nitrogens with zero attached hydrogens (tertiary/aromatic N) is 2. The molecule has 5 nitrogen and oxygen atoms in total. The second-order valence-corrected chi connectivity index (χ2v) is 5.99. The number of fused-ring (bicyclic) bond motifs is 1. The third kappa shape index (κ3) is 4.13. The van der Waals surface area contributed by atoms with Crippen LogP contribution < -0.4 is 4.74 Å². The number of benzene rings is 1. The van der Waals surface area contributed by atoms with Crippen molar-refractivity contribution in [3.8, 4) is 5.75 Å². The summed E-state index contributed by atoms with van der Waals surface area (Å²) in [5.74, 6) is 0.375. The van der Waals surface area contributed by atoms with E-state index < -0.39 is 0 Å². The van der Waals surface area contributed by atoms with Gasteiger partial charge < -0.3 is 14.5 Å². The van der Waals surface area contributed by atoms with Crippen LogP contribution in [0.15, 0.2) is 30.1 Å². The van der Waals surface area contributed by atoms with Crippen LogP contribution >= 0.6 is 0 Å². The molecule has 1 aliphatic rings. The number of amides is 2. The van der Waals surface area contributed by atoms with Gasteiger partial charge >= 0.3 is 0 Å². The Labute approximate surface area is 141 Å². The first kappa shape index (κ1) is 18.0. The molecule has 1 aromatic rings. The summed E-state index contributed by atoms with van der Waals surface area (Å²) < 4.78 is 18.1. The zero-order valence-corrected chi connectivity index (χ0v) is 14.3. The van der Waals surface area contributed by atoms with Crippen molar-refractivity contribution in [1.29, 1.82) is 0 Å². The van der Waals surface area contributed by atoms with Crippen molar-refractivity contribution in [2.24, 2.45) is 0 Å². The maximum Gasteiger partial charge on any atom is 0.254 e. The molecular formula is C18H23FN2O3. The third-order valence-corrected chi connectivity index (χ3v) is 4.10. The standard InChI is InChI=1S/C18H23FN2O3/c1-4-13(10-19)12-24-15-5-6-16-14(9-15)7-8-21(18(16)23)11-17(22)20(2)3/h5-6,9-10H,4,7-8,11-12H2,1-3H3. The Balaban J connectivity index is 2.07. The Bertz CT molecular complexity index is 656. The average Bonchev–Trinajstić information content (AvgIpc) is 2.58. The van der Waals surface area contributed by atoms with Gasteiger partial charge in [-0.05, 0) is 42.2 Å². The number of hydrogen-bond acceptors (Lipinski definition) is 3. The van der Waals surface area contributed by atoms with Gasteiger partial charge in [-0.25, -0.2) is 4.39 Å². The Morgan fingerprint density at radius 3 is 2.79 bits per heavy atom. The van der Waals surface area contributed by atoms with Gasteiger partial charge in [0, 0.05) is 26.2 Å². The van der Waals surface area contributed by atoms with Crippen LogP contribution in [0.3, 0.4) is 0 Å². The van der Waals surface area contributed by atoms with Crippen LogP contribution in [-0.4, -0.2) is 55.4 Å². The summed E-state index contributed by atoms with van der Waals surface area (Å²) in [5.41, 5.74) is 2.07. The van der Waals surface area contributed by atoms with Crippen LogP contribution in [0.25, 0.3) is 0 Å². The Kier molecular flexibility index (Phi) is 5.95. The number of rotatable bonds is 6. The normalized spacial score (nSPS) is 14.4. The molecule has 2 rings (SSSR count). The van der Waals surface area contributed by atoms with E-state index in [9.17, 15) is 14.0 Å². The van der Waals surface area contributed by atoms with Crippen molar-refractivity contribution >= 4 is 11.8 Å². The molecule has 0 saturated carbocycles. The summed E-state index contributed by atoms with van der Waals surface area (Å²) in [6, 6.07) is 5.24. The Morgan fingerprint density at radius 2 is 2.17 bits per heavy atom. The predicted octanol–water partition coefficient (Wildman–Crippen LogP) is 2.42. The first-order valence-corrected chi connectivity index (χ1v) is 7.99. The summed E-state index contributed by atoms with van der Waals surface area (Å²) in [5, 5.41) is 0. The number of likely N-dealkylation sites (N-methyl/N-ethyl adjacent to an activating group) is 1. The van der Waals surface area contributed by atoms with E-state index in [-0.39, 0.29) is 25.0 Å². The zero-order chi connectivity index (χ0) is 17.7. The molecule has 0 unspecified atom stereocenters. The van der Waals surface area contributed by atoms with E-state index in [2.05, 4.69) is 0 Å². The topological polar surface area (TPSA) is 49.9 Å². The van der Waals surface area contributed by atoms with Crippen molar-refractivity contribution < 1.29 is 18.7 Å². The number of ether oxygens (including phenoxy) is 1. The second-order valence-electron chi connectivity index (χ2n) is 5.99. The fraction of sp³-hybridized carbons (Fsp3) is 0.444. The lowest BCUT2D eigenvalue weighted by atomic mass is 9.98. The molecule has 0 fully saturated rings. The molecule has 0 N–H and O–H groups in total. The van der Waals surface area contributed by atoms with Crippen LogP contribution in [0, 0.1) is 0 Å². The van der Waals surface area contributed by atoms with Crippen molar-refractivity contribution in [3.05, 3.63) is 41.2 Å². The quantitative estimate of drug-likeness (QED) is 0.803. The molecule has 0 saturated heterocycles. The highest BCUT2D eigenvalue weighted by atomic mass is 19.1. The number of halogens is 1. The van der Waals surface area contributed by atoms with Gasteiger partial charge in [-0.1, -0.05) is 6.92 Å². The van der Waals surface area contributed by atoms with E-state index in [1.165, 1.54) is 4.90 Å². The minimum absolute atomic E-state index is 0.0880. The molecule has 1 aromatic carbocycles. The number of carbonyl (C=O) groups is 2. The number of hydrogen-bond donors (Lipinski definition) is 0. The lowest BCUT2D eigenvalue weighted by Crippen LogP contribution is -2.43. The molecule has 130 valence electrons. The van der Waals surface area contributed by atoms with E-state index in [0.29, 0.717) is 42.6 Å². The average molecular weight is 334 g/mol. The lowest BCUT2D eigenvalue weighted by Gasteiger charge is -2.29. The fourth-order valence-electron chi connectivity index (χ4n) is 2.44. The first-order chi connectivity index (χ1) is 11.5. The Morgan fingerprint density at radius 1 is 1.42 bits per heavy atom. The van der Waals surface area contributed by atoms with Crippen molar-refractivity contribution in [3.63, 3.8) is 0 Å². The van der Waals surface area contributed by atoms with Gasteiger partial charge in [0.1, 0.15) is 18.9 Å². The minimum atomic E-state index is -0.143. The summed E-state index contributed by atoms with van der Waals surface area (Å²) in [6.07, 6.45) is 1.83. The van der Waals surface area contributed by atoms with E-state index in [1.54, 1.807) is 31.1 Å². The van der Waals surface area contributed by atoms with E-state index in [4.69, 9.17) is 4.74 Å². The van der Waals surface area contributed by atoms with Gasteiger partial charge in [0.05, 0.1) is 6.33 Å². The highest BCUT2D eigenvalue weighted by molar-refractivity contribution is 5.98. The molecule has 0 radical (unpaired) electrons. The van der Waals surface area contributed by atoms with Gasteiger partial charge in [-0.3, -0.25) is 9.59 Å². The van der Waals surface area contributed by atoms with Gasteiger partial charge in [-0.2, -0.15) is 0 Å². The molecule has 0 bridgehead atoms. The lowest BCUT2D eigenvalue weighted by molar-refractivity contribution is -0.129. The first-order valence-electron chi connectivity index (χ1n) is 7.99. The zero-order valence-electron chi connectivity index (χ0n) is 14.3. The summed E-state index contributed by atoms with van der Waals surface area (Å²) >= 11 is 0. The van der Waals surface area contributed by atoms with Gasteiger partial charge in [-0.15, -0.1) is 0 Å². The molecule has 0 aromatic heterocycles.